The molecule has 1 unspecified atom stereocenters. The van der Waals surface area contributed by atoms with Crippen molar-refractivity contribution in [2.45, 2.75) is 24.3 Å². The fraction of sp³-hybridized carbons (Fsp3) is 0.562. The second kappa shape index (κ2) is 9.55. The lowest BCUT2D eigenvalue weighted by atomic mass is 10.2. The van der Waals surface area contributed by atoms with Crippen LogP contribution in [0.25, 0.3) is 0 Å². The molecule has 122 valence electrons. The van der Waals surface area contributed by atoms with Crippen LogP contribution in [0, 0.1) is 0 Å². The summed E-state index contributed by atoms with van der Waals surface area (Å²) in [6.07, 6.45) is 0.543. The van der Waals surface area contributed by atoms with Crippen molar-refractivity contribution < 1.29 is 9.53 Å². The SMILES string of the molecule is CC(CNC(=O)CCSc1ccccc1Br)N1CCOCC1. The van der Waals surface area contributed by atoms with Gasteiger partial charge in [0.15, 0.2) is 0 Å². The normalized spacial score (nSPS) is 17.2. The second-order valence-corrected chi connectivity index (χ2v) is 7.32. The molecular formula is C16H23BrN2O2S. The maximum atomic E-state index is 11.9. The van der Waals surface area contributed by atoms with Gasteiger partial charge >= 0.3 is 0 Å². The van der Waals surface area contributed by atoms with Gasteiger partial charge in [-0.1, -0.05) is 12.1 Å². The van der Waals surface area contributed by atoms with Crippen molar-refractivity contribution in [2.75, 3.05) is 38.6 Å². The van der Waals surface area contributed by atoms with Crippen LogP contribution in [-0.2, 0) is 9.53 Å². The third kappa shape index (κ3) is 5.91. The van der Waals surface area contributed by atoms with E-state index in [4.69, 9.17) is 4.74 Å². The first-order valence-corrected chi connectivity index (χ1v) is 9.40. The van der Waals surface area contributed by atoms with E-state index in [0.717, 1.165) is 36.5 Å². The number of amides is 1. The van der Waals surface area contributed by atoms with Gasteiger partial charge < -0.3 is 10.1 Å². The van der Waals surface area contributed by atoms with Crippen LogP contribution in [-0.4, -0.2) is 55.4 Å². The third-order valence-corrected chi connectivity index (χ3v) is 5.72. The Morgan fingerprint density at radius 3 is 2.86 bits per heavy atom. The van der Waals surface area contributed by atoms with Crippen LogP contribution in [0.2, 0.25) is 0 Å². The van der Waals surface area contributed by atoms with Crippen molar-refractivity contribution in [1.82, 2.24) is 10.2 Å². The molecule has 0 bridgehead atoms. The summed E-state index contributed by atoms with van der Waals surface area (Å²) in [4.78, 5) is 15.5. The molecule has 1 amide bonds. The summed E-state index contributed by atoms with van der Waals surface area (Å²) in [7, 11) is 0. The Kier molecular flexibility index (Phi) is 7.72. The van der Waals surface area contributed by atoms with Gasteiger partial charge in [-0.15, -0.1) is 11.8 Å². The highest BCUT2D eigenvalue weighted by molar-refractivity contribution is 9.10. The zero-order valence-electron chi connectivity index (χ0n) is 12.9. The molecule has 1 N–H and O–H groups in total. The van der Waals surface area contributed by atoms with Crippen molar-refractivity contribution in [2.24, 2.45) is 0 Å². The number of thioether (sulfide) groups is 1. The summed E-state index contributed by atoms with van der Waals surface area (Å²) in [6.45, 7) is 6.35. The van der Waals surface area contributed by atoms with Gasteiger partial charge in [-0.05, 0) is 35.0 Å². The first-order valence-electron chi connectivity index (χ1n) is 7.62. The number of nitrogens with zero attached hydrogens (tertiary/aromatic N) is 1. The van der Waals surface area contributed by atoms with E-state index in [1.165, 1.54) is 4.90 Å². The highest BCUT2D eigenvalue weighted by Gasteiger charge is 2.17. The molecule has 1 aromatic carbocycles. The van der Waals surface area contributed by atoms with Crippen LogP contribution < -0.4 is 5.32 Å². The molecule has 0 spiro atoms. The fourth-order valence-electron chi connectivity index (χ4n) is 2.31. The van der Waals surface area contributed by atoms with Crippen LogP contribution in [0.15, 0.2) is 33.6 Å². The summed E-state index contributed by atoms with van der Waals surface area (Å²) >= 11 is 5.22. The van der Waals surface area contributed by atoms with E-state index < -0.39 is 0 Å². The zero-order valence-corrected chi connectivity index (χ0v) is 15.3. The predicted molar refractivity (Wildman–Crippen MR) is 94.3 cm³/mol. The molecule has 1 aromatic rings. The van der Waals surface area contributed by atoms with Crippen LogP contribution in [0.4, 0.5) is 0 Å². The molecule has 1 heterocycles. The molecule has 0 saturated carbocycles. The van der Waals surface area contributed by atoms with Gasteiger partial charge in [-0.2, -0.15) is 0 Å². The first-order chi connectivity index (χ1) is 10.7. The van der Waals surface area contributed by atoms with Crippen molar-refractivity contribution in [3.05, 3.63) is 28.7 Å². The minimum atomic E-state index is 0.125. The average Bonchev–Trinajstić information content (AvgIpc) is 2.55. The topological polar surface area (TPSA) is 41.6 Å². The smallest absolute Gasteiger partial charge is 0.220 e. The Bertz CT molecular complexity index is 481. The molecule has 1 aliphatic heterocycles. The lowest BCUT2D eigenvalue weighted by Crippen LogP contribution is -2.47. The molecule has 0 radical (unpaired) electrons. The quantitative estimate of drug-likeness (QED) is 0.731. The number of nitrogens with one attached hydrogen (secondary N) is 1. The Hall–Kier alpha value is -0.560. The van der Waals surface area contributed by atoms with Gasteiger partial charge in [0.05, 0.1) is 13.2 Å². The summed E-state index contributed by atoms with van der Waals surface area (Å²) in [5, 5.41) is 3.03. The number of carbonyl (C=O) groups is 1. The van der Waals surface area contributed by atoms with Crippen LogP contribution in [0.5, 0.6) is 0 Å². The molecule has 22 heavy (non-hydrogen) atoms. The van der Waals surface area contributed by atoms with Gasteiger partial charge in [-0.25, -0.2) is 0 Å². The van der Waals surface area contributed by atoms with E-state index >= 15 is 0 Å². The number of hydrogen-bond donors (Lipinski definition) is 1. The summed E-state index contributed by atoms with van der Waals surface area (Å²) in [5.41, 5.74) is 0. The Morgan fingerprint density at radius 2 is 2.14 bits per heavy atom. The number of benzene rings is 1. The van der Waals surface area contributed by atoms with Crippen LogP contribution in [0.3, 0.4) is 0 Å². The zero-order chi connectivity index (χ0) is 15.8. The summed E-state index contributed by atoms with van der Waals surface area (Å²) in [6, 6.07) is 8.45. The minimum absolute atomic E-state index is 0.125. The molecule has 4 nitrogen and oxygen atoms in total. The largest absolute Gasteiger partial charge is 0.379 e. The van der Waals surface area contributed by atoms with E-state index in [9.17, 15) is 4.79 Å². The van der Waals surface area contributed by atoms with Crippen molar-refractivity contribution in [1.29, 1.82) is 0 Å². The van der Waals surface area contributed by atoms with E-state index in [0.29, 0.717) is 19.0 Å². The third-order valence-electron chi connectivity index (χ3n) is 3.69. The lowest BCUT2D eigenvalue weighted by molar-refractivity contribution is -0.121. The highest BCUT2D eigenvalue weighted by atomic mass is 79.9. The molecule has 2 rings (SSSR count). The molecule has 0 aliphatic carbocycles. The first kappa shape index (κ1) is 17.8. The van der Waals surface area contributed by atoms with Crippen LogP contribution >= 0.6 is 27.7 Å². The maximum Gasteiger partial charge on any atom is 0.220 e. The van der Waals surface area contributed by atoms with Crippen LogP contribution in [0.1, 0.15) is 13.3 Å². The standard InChI is InChI=1S/C16H23BrN2O2S/c1-13(19-7-9-21-10-8-19)12-18-16(20)6-11-22-15-5-3-2-4-14(15)17/h2-5,13H,6-12H2,1H3,(H,18,20). The molecular weight excluding hydrogens is 364 g/mol. The molecule has 1 saturated heterocycles. The van der Waals surface area contributed by atoms with Crippen molar-refractivity contribution in [3.8, 4) is 0 Å². The number of carbonyl (C=O) groups excluding carboxylic acids is 1. The molecule has 1 atom stereocenters. The average molecular weight is 387 g/mol. The van der Waals surface area contributed by atoms with Crippen molar-refractivity contribution in [3.63, 3.8) is 0 Å². The van der Waals surface area contributed by atoms with E-state index in [2.05, 4.69) is 39.1 Å². The minimum Gasteiger partial charge on any atom is -0.379 e. The fourth-order valence-corrected chi connectivity index (χ4v) is 3.83. The number of halogens is 1. The van der Waals surface area contributed by atoms with Gasteiger partial charge in [0.2, 0.25) is 5.91 Å². The maximum absolute atomic E-state index is 11.9. The molecule has 0 aromatic heterocycles. The molecule has 6 heteroatoms. The van der Waals surface area contributed by atoms with Gasteiger partial charge in [-0.3, -0.25) is 9.69 Å². The molecule has 1 fully saturated rings. The lowest BCUT2D eigenvalue weighted by Gasteiger charge is -2.32. The van der Waals surface area contributed by atoms with E-state index in [1.807, 2.05) is 18.2 Å². The van der Waals surface area contributed by atoms with Gasteiger partial charge in [0, 0.05) is 47.2 Å². The number of ether oxygens (including phenoxy) is 1. The Balaban J connectivity index is 1.62. The summed E-state index contributed by atoms with van der Waals surface area (Å²) < 4.78 is 6.43. The highest BCUT2D eigenvalue weighted by Crippen LogP contribution is 2.27. The summed E-state index contributed by atoms with van der Waals surface area (Å²) in [5.74, 6) is 0.917. The second-order valence-electron chi connectivity index (χ2n) is 5.33. The number of rotatable bonds is 7. The predicted octanol–water partition coefficient (Wildman–Crippen LogP) is 2.77. The number of hydrogen-bond acceptors (Lipinski definition) is 4. The number of morpholine rings is 1. The van der Waals surface area contributed by atoms with E-state index in [-0.39, 0.29) is 5.91 Å². The van der Waals surface area contributed by atoms with Gasteiger partial charge in [0.25, 0.3) is 0 Å². The van der Waals surface area contributed by atoms with E-state index in [1.54, 1.807) is 11.8 Å². The van der Waals surface area contributed by atoms with Crippen molar-refractivity contribution >= 4 is 33.6 Å². The Labute approximate surface area is 145 Å². The Morgan fingerprint density at radius 1 is 1.41 bits per heavy atom. The molecule has 1 aliphatic rings. The monoisotopic (exact) mass is 386 g/mol. The van der Waals surface area contributed by atoms with Gasteiger partial charge in [0.1, 0.15) is 0 Å².